The quantitative estimate of drug-likeness (QED) is 0.534. The van der Waals surface area contributed by atoms with Gasteiger partial charge in [-0.1, -0.05) is 12.8 Å². The summed E-state index contributed by atoms with van der Waals surface area (Å²) in [5.74, 6) is 2.01. The molecule has 3 aromatic rings. The van der Waals surface area contributed by atoms with Gasteiger partial charge in [-0.05, 0) is 44.9 Å². The van der Waals surface area contributed by atoms with E-state index in [4.69, 9.17) is 19.6 Å². The number of hydrogen-bond acceptors (Lipinski definition) is 7. The summed E-state index contributed by atoms with van der Waals surface area (Å²) in [6.45, 7) is 7.25. The molecule has 0 radical (unpaired) electrons. The lowest BCUT2D eigenvalue weighted by atomic mass is 10.1. The maximum Gasteiger partial charge on any atom is 0.277 e. The van der Waals surface area contributed by atoms with Crippen LogP contribution < -0.4 is 15.6 Å². The summed E-state index contributed by atoms with van der Waals surface area (Å²) in [5, 5.41) is 7.78. The Morgan fingerprint density at radius 3 is 2.77 bits per heavy atom. The van der Waals surface area contributed by atoms with Gasteiger partial charge in [0.2, 0.25) is 5.91 Å². The molecule has 1 amide bonds. The van der Waals surface area contributed by atoms with Crippen molar-refractivity contribution in [3.63, 3.8) is 0 Å². The second kappa shape index (κ2) is 10.2. The first-order valence-electron chi connectivity index (χ1n) is 12.4. The number of ether oxygens (including phenoxy) is 2. The average molecular weight is 481 g/mol. The minimum Gasteiger partial charge on any atom is -0.493 e. The van der Waals surface area contributed by atoms with E-state index in [-0.39, 0.29) is 11.5 Å². The Hall–Kier alpha value is -3.24. The minimum atomic E-state index is -0.242. The highest BCUT2D eigenvalue weighted by Crippen LogP contribution is 2.35. The van der Waals surface area contributed by atoms with Crippen LogP contribution in [0.5, 0.6) is 5.75 Å². The van der Waals surface area contributed by atoms with E-state index in [2.05, 4.69) is 15.2 Å². The Labute approximate surface area is 203 Å². The summed E-state index contributed by atoms with van der Waals surface area (Å²) < 4.78 is 12.9. The summed E-state index contributed by atoms with van der Waals surface area (Å²) in [4.78, 5) is 35.4. The van der Waals surface area contributed by atoms with Crippen LogP contribution in [0.25, 0.3) is 16.9 Å². The van der Waals surface area contributed by atoms with Crippen molar-refractivity contribution in [3.05, 3.63) is 40.1 Å². The maximum atomic E-state index is 13.1. The molecule has 0 unspecified atom stereocenters. The number of carbonyl (C=O) groups is 1. The molecule has 1 aliphatic heterocycles. The van der Waals surface area contributed by atoms with Crippen molar-refractivity contribution < 1.29 is 14.3 Å². The number of anilines is 1. The average Bonchev–Trinajstić information content (AvgIpc) is 3.49. The van der Waals surface area contributed by atoms with Gasteiger partial charge >= 0.3 is 0 Å². The second-order valence-electron chi connectivity index (χ2n) is 9.18. The number of nitrogens with one attached hydrogen (secondary N) is 2. The van der Waals surface area contributed by atoms with Crippen LogP contribution in [0.1, 0.15) is 50.0 Å². The Bertz CT molecular complexity index is 1270. The highest BCUT2D eigenvalue weighted by molar-refractivity contribution is 5.93. The molecule has 0 bridgehead atoms. The van der Waals surface area contributed by atoms with E-state index in [1.807, 2.05) is 13.8 Å². The van der Waals surface area contributed by atoms with Crippen molar-refractivity contribution in [2.75, 3.05) is 44.8 Å². The molecule has 10 nitrogen and oxygen atoms in total. The first-order valence-corrected chi connectivity index (χ1v) is 12.4. The fourth-order valence-electron chi connectivity index (χ4n) is 5.00. The number of amides is 1. The van der Waals surface area contributed by atoms with Gasteiger partial charge in [0.15, 0.2) is 11.3 Å². The van der Waals surface area contributed by atoms with Gasteiger partial charge in [-0.3, -0.25) is 14.5 Å². The van der Waals surface area contributed by atoms with Crippen LogP contribution in [-0.2, 0) is 9.53 Å². The highest BCUT2D eigenvalue weighted by Gasteiger charge is 2.25. The molecule has 1 aromatic carbocycles. The number of rotatable bonds is 7. The second-order valence-corrected chi connectivity index (χ2v) is 9.18. The van der Waals surface area contributed by atoms with Crippen molar-refractivity contribution in [1.82, 2.24) is 24.5 Å². The fraction of sp³-hybridized carbons (Fsp3) is 0.520. The van der Waals surface area contributed by atoms with E-state index in [9.17, 15) is 9.59 Å². The summed E-state index contributed by atoms with van der Waals surface area (Å²) in [6.07, 6.45) is 4.43. The Morgan fingerprint density at radius 1 is 1.26 bits per heavy atom. The van der Waals surface area contributed by atoms with Gasteiger partial charge in [-0.25, -0.2) is 9.50 Å². The third-order valence-electron chi connectivity index (χ3n) is 6.71. The lowest BCUT2D eigenvalue weighted by Crippen LogP contribution is -2.41. The monoisotopic (exact) mass is 480 g/mol. The minimum absolute atomic E-state index is 0.104. The topological polar surface area (TPSA) is 114 Å². The predicted octanol–water partition coefficient (Wildman–Crippen LogP) is 2.72. The van der Waals surface area contributed by atoms with Crippen LogP contribution >= 0.6 is 0 Å². The highest BCUT2D eigenvalue weighted by atomic mass is 16.5. The largest absolute Gasteiger partial charge is 0.493 e. The number of carbonyl (C=O) groups excluding carboxylic acids is 1. The molecule has 0 atom stereocenters. The molecule has 1 saturated heterocycles. The van der Waals surface area contributed by atoms with Crippen LogP contribution in [0.2, 0.25) is 0 Å². The Morgan fingerprint density at radius 2 is 2.03 bits per heavy atom. The normalized spacial score (nSPS) is 17.2. The zero-order valence-corrected chi connectivity index (χ0v) is 20.3. The first kappa shape index (κ1) is 23.5. The van der Waals surface area contributed by atoms with E-state index in [1.165, 1.54) is 0 Å². The number of aromatic nitrogens is 4. The summed E-state index contributed by atoms with van der Waals surface area (Å²) >= 11 is 0. The van der Waals surface area contributed by atoms with E-state index in [1.54, 1.807) is 22.7 Å². The number of fused-ring (bicyclic) bond motifs is 1. The number of nitrogens with zero attached hydrogens (tertiary/aromatic N) is 4. The smallest absolute Gasteiger partial charge is 0.277 e. The number of imidazole rings is 1. The molecule has 35 heavy (non-hydrogen) atoms. The predicted molar refractivity (Wildman–Crippen MR) is 132 cm³/mol. The molecule has 186 valence electrons. The molecule has 2 N–H and O–H groups in total. The SMILES string of the molecule is CCOc1ccc(NC(=O)CN2CCOCC2)cc1-c1nn2c(C3CCCC3)nc(C)c2c(=O)[nH]1. The zero-order valence-electron chi connectivity index (χ0n) is 20.3. The van der Waals surface area contributed by atoms with Crippen LogP contribution in [-0.4, -0.2) is 69.8 Å². The lowest BCUT2D eigenvalue weighted by molar-refractivity contribution is -0.118. The van der Waals surface area contributed by atoms with E-state index in [0.717, 1.165) is 44.6 Å². The number of hydrogen-bond donors (Lipinski definition) is 2. The van der Waals surface area contributed by atoms with Gasteiger partial charge in [0.25, 0.3) is 5.56 Å². The molecule has 3 heterocycles. The molecule has 2 aliphatic rings. The summed E-state index contributed by atoms with van der Waals surface area (Å²) in [7, 11) is 0. The number of aryl methyl sites for hydroxylation is 1. The molecule has 5 rings (SSSR count). The Kier molecular flexibility index (Phi) is 6.83. The molecular weight excluding hydrogens is 448 g/mol. The molecule has 2 fully saturated rings. The maximum absolute atomic E-state index is 13.1. The van der Waals surface area contributed by atoms with Crippen LogP contribution in [0.15, 0.2) is 23.0 Å². The van der Waals surface area contributed by atoms with Gasteiger partial charge < -0.3 is 19.8 Å². The van der Waals surface area contributed by atoms with Crippen molar-refractivity contribution >= 4 is 17.1 Å². The first-order chi connectivity index (χ1) is 17.0. The third kappa shape index (κ3) is 4.94. The number of morpholine rings is 1. The van der Waals surface area contributed by atoms with E-state index < -0.39 is 0 Å². The van der Waals surface area contributed by atoms with Gasteiger partial charge in [-0.15, -0.1) is 5.10 Å². The number of aromatic amines is 1. The number of benzene rings is 1. The molecule has 2 aromatic heterocycles. The molecule has 1 aliphatic carbocycles. The number of H-pyrrole nitrogens is 1. The van der Waals surface area contributed by atoms with Gasteiger partial charge in [0.1, 0.15) is 11.6 Å². The van der Waals surface area contributed by atoms with Crippen LogP contribution in [0.4, 0.5) is 5.69 Å². The van der Waals surface area contributed by atoms with Crippen molar-refractivity contribution in [3.8, 4) is 17.1 Å². The standard InChI is InChI=1S/C25H32N6O4/c1-3-35-20-9-8-18(27-21(32)15-30-10-12-34-13-11-30)14-19(20)23-28-25(33)22-16(2)26-24(31(22)29-23)17-6-4-5-7-17/h8-9,14,17H,3-7,10-13,15H2,1-2H3,(H,27,32)(H,28,29,33). The summed E-state index contributed by atoms with van der Waals surface area (Å²) in [5.41, 5.74) is 2.14. The van der Waals surface area contributed by atoms with E-state index >= 15 is 0 Å². The van der Waals surface area contributed by atoms with Crippen molar-refractivity contribution in [2.24, 2.45) is 0 Å². The van der Waals surface area contributed by atoms with Crippen molar-refractivity contribution in [1.29, 1.82) is 0 Å². The summed E-state index contributed by atoms with van der Waals surface area (Å²) in [6, 6.07) is 5.39. The van der Waals surface area contributed by atoms with Crippen molar-refractivity contribution in [2.45, 2.75) is 45.4 Å². The van der Waals surface area contributed by atoms with Crippen LogP contribution in [0, 0.1) is 6.92 Å². The van der Waals surface area contributed by atoms with E-state index in [0.29, 0.717) is 66.3 Å². The Balaban J connectivity index is 1.49. The zero-order chi connectivity index (χ0) is 24.4. The fourth-order valence-corrected chi connectivity index (χ4v) is 5.00. The lowest BCUT2D eigenvalue weighted by Gasteiger charge is -2.25. The van der Waals surface area contributed by atoms with Gasteiger partial charge in [0, 0.05) is 24.7 Å². The molecule has 10 heteroatoms. The van der Waals surface area contributed by atoms with Gasteiger partial charge in [-0.2, -0.15) is 0 Å². The molecule has 1 saturated carbocycles. The van der Waals surface area contributed by atoms with Crippen LogP contribution in [0.3, 0.4) is 0 Å². The third-order valence-corrected chi connectivity index (χ3v) is 6.71. The molecular formula is C25H32N6O4. The molecule has 0 spiro atoms. The van der Waals surface area contributed by atoms with Gasteiger partial charge in [0.05, 0.1) is 37.6 Å².